The lowest BCUT2D eigenvalue weighted by molar-refractivity contribution is 0.120. The normalized spacial score (nSPS) is 15.3. The molecule has 0 spiro atoms. The van der Waals surface area contributed by atoms with Crippen LogP contribution in [0.15, 0.2) is 54.6 Å². The summed E-state index contributed by atoms with van der Waals surface area (Å²) in [6.45, 7) is 5.62. The van der Waals surface area contributed by atoms with Crippen LogP contribution >= 0.6 is 11.6 Å². The number of nitrogens with one attached hydrogen (secondary N) is 1. The van der Waals surface area contributed by atoms with Gasteiger partial charge in [-0.15, -0.1) is 0 Å². The first-order valence-corrected chi connectivity index (χ1v) is 10.0. The SMILES string of the molecule is Nc1nc(CN2CCN(Cc3ccccc3)CC2)nc(Nc2ccc(Cl)cc2)n1. The summed E-state index contributed by atoms with van der Waals surface area (Å²) in [4.78, 5) is 17.9. The fraction of sp³-hybridized carbons (Fsp3) is 0.286. The molecule has 0 atom stereocenters. The van der Waals surface area contributed by atoms with Gasteiger partial charge in [0.05, 0.1) is 6.54 Å². The van der Waals surface area contributed by atoms with Crippen LogP contribution in [0.3, 0.4) is 0 Å². The predicted octanol–water partition coefficient (Wildman–Crippen LogP) is 3.17. The van der Waals surface area contributed by atoms with E-state index in [-0.39, 0.29) is 5.95 Å². The smallest absolute Gasteiger partial charge is 0.232 e. The number of hydrogen-bond donors (Lipinski definition) is 2. The van der Waals surface area contributed by atoms with Crippen molar-refractivity contribution >= 4 is 29.2 Å². The minimum absolute atomic E-state index is 0.217. The van der Waals surface area contributed by atoms with Crippen molar-refractivity contribution in [1.29, 1.82) is 0 Å². The van der Waals surface area contributed by atoms with Crippen molar-refractivity contribution in [3.63, 3.8) is 0 Å². The highest BCUT2D eigenvalue weighted by Gasteiger charge is 2.18. The van der Waals surface area contributed by atoms with Gasteiger partial charge in [-0.3, -0.25) is 9.80 Å². The summed E-state index contributed by atoms with van der Waals surface area (Å²) >= 11 is 5.93. The van der Waals surface area contributed by atoms with Gasteiger partial charge >= 0.3 is 0 Å². The first-order valence-electron chi connectivity index (χ1n) is 9.66. The van der Waals surface area contributed by atoms with Gasteiger partial charge < -0.3 is 11.1 Å². The second-order valence-electron chi connectivity index (χ2n) is 7.10. The Bertz CT molecular complexity index is 926. The zero-order valence-electron chi connectivity index (χ0n) is 16.1. The van der Waals surface area contributed by atoms with Crippen LogP contribution in [0.2, 0.25) is 5.02 Å². The number of piperazine rings is 1. The number of aromatic nitrogens is 3. The van der Waals surface area contributed by atoms with Crippen molar-refractivity contribution in [2.75, 3.05) is 37.2 Å². The Morgan fingerprint density at radius 1 is 0.828 bits per heavy atom. The van der Waals surface area contributed by atoms with Crippen LogP contribution in [0.25, 0.3) is 0 Å². The molecule has 0 saturated carbocycles. The summed E-state index contributed by atoms with van der Waals surface area (Å²) in [7, 11) is 0. The number of hydrogen-bond acceptors (Lipinski definition) is 7. The van der Waals surface area contributed by atoms with E-state index in [0.717, 1.165) is 38.4 Å². The first kappa shape index (κ1) is 19.6. The Morgan fingerprint density at radius 2 is 1.48 bits per heavy atom. The third kappa shape index (κ3) is 5.63. The number of nitrogens with zero attached hydrogens (tertiary/aromatic N) is 5. The Hall–Kier alpha value is -2.74. The van der Waals surface area contributed by atoms with E-state index in [0.29, 0.717) is 23.3 Å². The maximum Gasteiger partial charge on any atom is 0.232 e. The van der Waals surface area contributed by atoms with Crippen molar-refractivity contribution in [3.8, 4) is 0 Å². The maximum absolute atomic E-state index is 5.93. The number of rotatable bonds is 6. The van der Waals surface area contributed by atoms with Crippen LogP contribution in [0.4, 0.5) is 17.6 Å². The van der Waals surface area contributed by atoms with Crippen LogP contribution in [0.5, 0.6) is 0 Å². The Morgan fingerprint density at radius 3 is 2.17 bits per heavy atom. The highest BCUT2D eigenvalue weighted by atomic mass is 35.5. The van der Waals surface area contributed by atoms with Gasteiger partial charge in [0.25, 0.3) is 0 Å². The third-order valence-electron chi connectivity index (χ3n) is 4.88. The van der Waals surface area contributed by atoms with E-state index in [1.165, 1.54) is 5.56 Å². The molecule has 1 aliphatic heterocycles. The number of halogens is 1. The molecule has 1 saturated heterocycles. The topological polar surface area (TPSA) is 83.2 Å². The number of nitrogen functional groups attached to an aromatic ring is 1. The van der Waals surface area contributed by atoms with E-state index >= 15 is 0 Å². The summed E-state index contributed by atoms with van der Waals surface area (Å²) < 4.78 is 0. The quantitative estimate of drug-likeness (QED) is 0.646. The van der Waals surface area contributed by atoms with Gasteiger partial charge in [0.1, 0.15) is 5.82 Å². The van der Waals surface area contributed by atoms with Crippen molar-refractivity contribution < 1.29 is 0 Å². The second kappa shape index (κ2) is 9.17. The van der Waals surface area contributed by atoms with Crippen LogP contribution in [0.1, 0.15) is 11.4 Å². The van der Waals surface area contributed by atoms with E-state index in [9.17, 15) is 0 Å². The molecule has 4 rings (SSSR count). The molecule has 3 aromatic rings. The fourth-order valence-corrected chi connectivity index (χ4v) is 3.50. The van der Waals surface area contributed by atoms with Crippen molar-refractivity contribution in [2.24, 2.45) is 0 Å². The summed E-state index contributed by atoms with van der Waals surface area (Å²) in [5.41, 5.74) is 8.10. The van der Waals surface area contributed by atoms with E-state index in [1.807, 2.05) is 24.3 Å². The standard InChI is InChI=1S/C21H24ClN7/c22-17-6-8-18(9-7-17)24-21-26-19(25-20(23)27-21)15-29-12-10-28(11-13-29)14-16-4-2-1-3-5-16/h1-9H,10-15H2,(H3,23,24,25,26,27). The summed E-state index contributed by atoms with van der Waals surface area (Å²) in [6, 6.07) is 17.9. The molecule has 29 heavy (non-hydrogen) atoms. The maximum atomic E-state index is 5.93. The summed E-state index contributed by atoms with van der Waals surface area (Å²) in [6.07, 6.45) is 0. The molecule has 150 valence electrons. The molecule has 3 N–H and O–H groups in total. The third-order valence-corrected chi connectivity index (χ3v) is 5.13. The molecule has 2 aromatic carbocycles. The van der Waals surface area contributed by atoms with E-state index < -0.39 is 0 Å². The van der Waals surface area contributed by atoms with Gasteiger partial charge in [0, 0.05) is 43.4 Å². The van der Waals surface area contributed by atoms with Crippen LogP contribution in [-0.2, 0) is 13.1 Å². The number of benzene rings is 2. The molecular formula is C21H24ClN7. The molecule has 1 aromatic heterocycles. The van der Waals surface area contributed by atoms with Gasteiger partial charge in [-0.1, -0.05) is 41.9 Å². The molecule has 1 aliphatic rings. The zero-order valence-corrected chi connectivity index (χ0v) is 16.9. The zero-order chi connectivity index (χ0) is 20.1. The molecule has 1 fully saturated rings. The Kier molecular flexibility index (Phi) is 6.19. The second-order valence-corrected chi connectivity index (χ2v) is 7.54. The van der Waals surface area contributed by atoms with Gasteiger partial charge in [-0.2, -0.15) is 15.0 Å². The van der Waals surface area contributed by atoms with Gasteiger partial charge in [-0.25, -0.2) is 0 Å². The highest BCUT2D eigenvalue weighted by molar-refractivity contribution is 6.30. The van der Waals surface area contributed by atoms with E-state index in [2.05, 4.69) is 60.4 Å². The monoisotopic (exact) mass is 409 g/mol. The van der Waals surface area contributed by atoms with Crippen LogP contribution in [-0.4, -0.2) is 50.9 Å². The van der Waals surface area contributed by atoms with Crippen LogP contribution in [0, 0.1) is 0 Å². The summed E-state index contributed by atoms with van der Waals surface area (Å²) in [5.74, 6) is 1.33. The Balaban J connectivity index is 1.33. The van der Waals surface area contributed by atoms with Crippen molar-refractivity contribution in [1.82, 2.24) is 24.8 Å². The van der Waals surface area contributed by atoms with E-state index in [4.69, 9.17) is 17.3 Å². The average molecular weight is 410 g/mol. The van der Waals surface area contributed by atoms with Gasteiger partial charge in [0.2, 0.25) is 11.9 Å². The predicted molar refractivity (Wildman–Crippen MR) is 116 cm³/mol. The lowest BCUT2D eigenvalue weighted by Gasteiger charge is -2.34. The molecular weight excluding hydrogens is 386 g/mol. The van der Waals surface area contributed by atoms with Gasteiger partial charge in [0.15, 0.2) is 0 Å². The molecule has 0 aliphatic carbocycles. The van der Waals surface area contributed by atoms with Crippen molar-refractivity contribution in [2.45, 2.75) is 13.1 Å². The molecule has 0 bridgehead atoms. The molecule has 0 amide bonds. The highest BCUT2D eigenvalue weighted by Crippen LogP contribution is 2.17. The number of anilines is 3. The minimum Gasteiger partial charge on any atom is -0.368 e. The molecule has 7 nitrogen and oxygen atoms in total. The molecule has 8 heteroatoms. The minimum atomic E-state index is 0.217. The summed E-state index contributed by atoms with van der Waals surface area (Å²) in [5, 5.41) is 3.83. The molecule has 0 unspecified atom stereocenters. The molecule has 2 heterocycles. The number of nitrogens with two attached hydrogens (primary N) is 1. The fourth-order valence-electron chi connectivity index (χ4n) is 3.37. The van der Waals surface area contributed by atoms with E-state index in [1.54, 1.807) is 0 Å². The van der Waals surface area contributed by atoms with Crippen molar-refractivity contribution in [3.05, 3.63) is 71.0 Å². The Labute approximate surface area is 175 Å². The first-order chi connectivity index (χ1) is 14.1. The lowest BCUT2D eigenvalue weighted by Crippen LogP contribution is -2.45. The van der Waals surface area contributed by atoms with Crippen LogP contribution < -0.4 is 11.1 Å². The van der Waals surface area contributed by atoms with Gasteiger partial charge in [-0.05, 0) is 29.8 Å². The largest absolute Gasteiger partial charge is 0.368 e. The molecule has 0 radical (unpaired) electrons. The average Bonchev–Trinajstić information content (AvgIpc) is 2.72. The lowest BCUT2D eigenvalue weighted by atomic mass is 10.2.